The molecular formula is C11H12O2. The molecule has 0 fully saturated rings. The van der Waals surface area contributed by atoms with Crippen LogP contribution in [0.2, 0.25) is 0 Å². The molecule has 0 aromatic heterocycles. The van der Waals surface area contributed by atoms with Gasteiger partial charge in [0.2, 0.25) is 0 Å². The first-order valence-corrected chi connectivity index (χ1v) is 4.11. The molecular weight excluding hydrogens is 164 g/mol. The van der Waals surface area contributed by atoms with Gasteiger partial charge in [0.1, 0.15) is 11.9 Å². The van der Waals surface area contributed by atoms with Crippen molar-refractivity contribution in [1.29, 1.82) is 0 Å². The van der Waals surface area contributed by atoms with Gasteiger partial charge in [0.15, 0.2) is 6.29 Å². The van der Waals surface area contributed by atoms with E-state index < -0.39 is 0 Å². The van der Waals surface area contributed by atoms with Gasteiger partial charge in [-0.15, -0.1) is 0 Å². The minimum Gasteiger partial charge on any atom is -0.486 e. The SMILES string of the molecule is C=CC(C)Oc1ccccc1C=O. The second-order valence-corrected chi connectivity index (χ2v) is 2.71. The van der Waals surface area contributed by atoms with E-state index in [1.54, 1.807) is 24.3 Å². The fourth-order valence-corrected chi connectivity index (χ4v) is 0.934. The molecule has 0 bridgehead atoms. The number of benzene rings is 1. The second-order valence-electron chi connectivity index (χ2n) is 2.71. The van der Waals surface area contributed by atoms with Gasteiger partial charge in [-0.3, -0.25) is 4.79 Å². The lowest BCUT2D eigenvalue weighted by atomic mass is 10.2. The summed E-state index contributed by atoms with van der Waals surface area (Å²) in [4.78, 5) is 10.6. The molecule has 0 heterocycles. The fourth-order valence-electron chi connectivity index (χ4n) is 0.934. The molecule has 0 radical (unpaired) electrons. The number of carbonyl (C=O) groups is 1. The third-order valence-electron chi connectivity index (χ3n) is 1.69. The van der Waals surface area contributed by atoms with Crippen LogP contribution in [0.15, 0.2) is 36.9 Å². The highest BCUT2D eigenvalue weighted by molar-refractivity contribution is 5.79. The Morgan fingerprint density at radius 3 is 2.77 bits per heavy atom. The monoisotopic (exact) mass is 176 g/mol. The van der Waals surface area contributed by atoms with Gasteiger partial charge in [0, 0.05) is 0 Å². The van der Waals surface area contributed by atoms with E-state index in [9.17, 15) is 4.79 Å². The maximum absolute atomic E-state index is 10.6. The van der Waals surface area contributed by atoms with E-state index in [2.05, 4.69) is 6.58 Å². The van der Waals surface area contributed by atoms with Gasteiger partial charge in [-0.1, -0.05) is 24.8 Å². The zero-order valence-corrected chi connectivity index (χ0v) is 7.57. The molecule has 68 valence electrons. The predicted octanol–water partition coefficient (Wildman–Crippen LogP) is 2.45. The maximum atomic E-state index is 10.6. The third-order valence-corrected chi connectivity index (χ3v) is 1.69. The molecule has 1 unspecified atom stereocenters. The van der Waals surface area contributed by atoms with Crippen LogP contribution in [0.1, 0.15) is 17.3 Å². The summed E-state index contributed by atoms with van der Waals surface area (Å²) < 4.78 is 5.44. The summed E-state index contributed by atoms with van der Waals surface area (Å²) in [6.07, 6.45) is 2.38. The number of hydrogen-bond acceptors (Lipinski definition) is 2. The molecule has 0 amide bonds. The van der Waals surface area contributed by atoms with Crippen LogP contribution in [-0.2, 0) is 0 Å². The van der Waals surface area contributed by atoms with Crippen molar-refractivity contribution in [2.45, 2.75) is 13.0 Å². The van der Waals surface area contributed by atoms with Crippen LogP contribution in [0, 0.1) is 0 Å². The number of para-hydroxylation sites is 1. The summed E-state index contributed by atoms with van der Waals surface area (Å²) in [7, 11) is 0. The summed E-state index contributed by atoms with van der Waals surface area (Å²) >= 11 is 0. The Labute approximate surface area is 77.8 Å². The van der Waals surface area contributed by atoms with Gasteiger partial charge in [-0.2, -0.15) is 0 Å². The molecule has 0 saturated heterocycles. The summed E-state index contributed by atoms with van der Waals surface area (Å²) in [6, 6.07) is 7.12. The van der Waals surface area contributed by atoms with Crippen molar-refractivity contribution in [3.63, 3.8) is 0 Å². The van der Waals surface area contributed by atoms with Crippen LogP contribution >= 0.6 is 0 Å². The van der Waals surface area contributed by atoms with E-state index in [4.69, 9.17) is 4.74 Å². The Morgan fingerprint density at radius 1 is 1.46 bits per heavy atom. The molecule has 0 aliphatic heterocycles. The molecule has 0 aliphatic carbocycles. The van der Waals surface area contributed by atoms with E-state index >= 15 is 0 Å². The van der Waals surface area contributed by atoms with Crippen molar-refractivity contribution in [2.24, 2.45) is 0 Å². The summed E-state index contributed by atoms with van der Waals surface area (Å²) in [6.45, 7) is 5.47. The number of ether oxygens (including phenoxy) is 1. The Bertz CT molecular complexity index is 305. The largest absolute Gasteiger partial charge is 0.486 e. The predicted molar refractivity (Wildman–Crippen MR) is 52.1 cm³/mol. The summed E-state index contributed by atoms with van der Waals surface area (Å²) in [5.74, 6) is 0.602. The van der Waals surface area contributed by atoms with Crippen LogP contribution in [0.3, 0.4) is 0 Å². The Morgan fingerprint density at radius 2 is 2.15 bits per heavy atom. The molecule has 0 aliphatic rings. The van der Waals surface area contributed by atoms with Gasteiger partial charge in [0.05, 0.1) is 5.56 Å². The first-order chi connectivity index (χ1) is 6.27. The van der Waals surface area contributed by atoms with Crippen LogP contribution in [-0.4, -0.2) is 12.4 Å². The van der Waals surface area contributed by atoms with Gasteiger partial charge in [-0.25, -0.2) is 0 Å². The molecule has 0 spiro atoms. The normalized spacial score (nSPS) is 11.8. The Balaban J connectivity index is 2.86. The van der Waals surface area contributed by atoms with Crippen molar-refractivity contribution in [3.05, 3.63) is 42.5 Å². The topological polar surface area (TPSA) is 26.3 Å². The van der Waals surface area contributed by atoms with Crippen molar-refractivity contribution in [2.75, 3.05) is 0 Å². The smallest absolute Gasteiger partial charge is 0.153 e. The minimum atomic E-state index is -0.0823. The molecule has 0 N–H and O–H groups in total. The van der Waals surface area contributed by atoms with Gasteiger partial charge in [-0.05, 0) is 19.1 Å². The minimum absolute atomic E-state index is 0.0823. The lowest BCUT2D eigenvalue weighted by Gasteiger charge is -2.11. The maximum Gasteiger partial charge on any atom is 0.153 e. The van der Waals surface area contributed by atoms with E-state index in [0.29, 0.717) is 11.3 Å². The molecule has 2 nitrogen and oxygen atoms in total. The number of carbonyl (C=O) groups excluding carboxylic acids is 1. The van der Waals surface area contributed by atoms with E-state index in [0.717, 1.165) is 6.29 Å². The quantitative estimate of drug-likeness (QED) is 0.520. The highest BCUT2D eigenvalue weighted by Gasteiger charge is 2.03. The standard InChI is InChI=1S/C11H12O2/c1-3-9(2)13-11-7-5-4-6-10(11)8-12/h3-9H,1H2,2H3. The molecule has 13 heavy (non-hydrogen) atoms. The van der Waals surface area contributed by atoms with Crippen LogP contribution in [0.25, 0.3) is 0 Å². The number of aldehydes is 1. The van der Waals surface area contributed by atoms with Gasteiger partial charge < -0.3 is 4.74 Å². The number of hydrogen-bond donors (Lipinski definition) is 0. The molecule has 2 heteroatoms. The molecule has 1 atom stereocenters. The van der Waals surface area contributed by atoms with Crippen molar-refractivity contribution in [3.8, 4) is 5.75 Å². The summed E-state index contributed by atoms with van der Waals surface area (Å²) in [5, 5.41) is 0. The fraction of sp³-hybridized carbons (Fsp3) is 0.182. The van der Waals surface area contributed by atoms with Crippen molar-refractivity contribution < 1.29 is 9.53 Å². The highest BCUT2D eigenvalue weighted by Crippen LogP contribution is 2.17. The zero-order chi connectivity index (χ0) is 9.68. The van der Waals surface area contributed by atoms with Crippen molar-refractivity contribution in [1.82, 2.24) is 0 Å². The van der Waals surface area contributed by atoms with Crippen molar-refractivity contribution >= 4 is 6.29 Å². The average molecular weight is 176 g/mol. The zero-order valence-electron chi connectivity index (χ0n) is 7.57. The van der Waals surface area contributed by atoms with Gasteiger partial charge in [0.25, 0.3) is 0 Å². The van der Waals surface area contributed by atoms with Crippen LogP contribution < -0.4 is 4.74 Å². The molecule has 1 rings (SSSR count). The van der Waals surface area contributed by atoms with E-state index in [1.807, 2.05) is 13.0 Å². The lowest BCUT2D eigenvalue weighted by Crippen LogP contribution is -2.08. The average Bonchev–Trinajstić information content (AvgIpc) is 2.18. The number of rotatable bonds is 4. The van der Waals surface area contributed by atoms with E-state index in [1.165, 1.54) is 0 Å². The molecule has 1 aromatic rings. The summed E-state index contributed by atoms with van der Waals surface area (Å²) in [5.41, 5.74) is 0.566. The molecule has 1 aromatic carbocycles. The van der Waals surface area contributed by atoms with Gasteiger partial charge >= 0.3 is 0 Å². The Hall–Kier alpha value is -1.57. The first-order valence-electron chi connectivity index (χ1n) is 4.11. The lowest BCUT2D eigenvalue weighted by molar-refractivity contribution is 0.111. The Kier molecular flexibility index (Phi) is 3.26. The molecule has 0 saturated carbocycles. The van der Waals surface area contributed by atoms with E-state index in [-0.39, 0.29) is 6.10 Å². The van der Waals surface area contributed by atoms with Crippen LogP contribution in [0.5, 0.6) is 5.75 Å². The second kappa shape index (κ2) is 4.45. The third kappa shape index (κ3) is 2.44. The highest BCUT2D eigenvalue weighted by atomic mass is 16.5. The van der Waals surface area contributed by atoms with Crippen LogP contribution in [0.4, 0.5) is 0 Å². The first kappa shape index (κ1) is 9.52.